The predicted octanol–water partition coefficient (Wildman–Crippen LogP) is 10.6. The third kappa shape index (κ3) is 12.1. The molecule has 4 aromatic rings. The number of fused-ring (bicyclic) bond motifs is 9. The molecule has 9 heteroatoms. The van der Waals surface area contributed by atoms with Crippen LogP contribution >= 0.6 is 0 Å². The second-order valence-electron chi connectivity index (χ2n) is 16.4. The number of phenolic OH excluding ortho intramolecular Hbond substituents is 1. The van der Waals surface area contributed by atoms with Gasteiger partial charge in [0.25, 0.3) is 0 Å². The number of ether oxygens (including phenoxy) is 3. The summed E-state index contributed by atoms with van der Waals surface area (Å²) in [6.45, 7) is 4.64. The number of aryl methyl sites for hydroxylation is 3. The average molecular weight is 826 g/mol. The molecule has 0 aromatic heterocycles. The van der Waals surface area contributed by atoms with Gasteiger partial charge in [-0.25, -0.2) is 0 Å². The largest absolute Gasteiger partial charge is 0.508 e. The number of methoxy groups -OCH3 is 1. The molecule has 0 unspecified atom stereocenters. The lowest BCUT2D eigenvalue weighted by atomic mass is 9.80. The number of allylic oxidation sites excluding steroid dienone is 3. The second kappa shape index (κ2) is 22.1. The van der Waals surface area contributed by atoms with Gasteiger partial charge in [0.15, 0.2) is 17.5 Å². The standard InChI is InChI=1S/C52H63N3O6/c1-5-7-8-16-44-39(15-11-18-48(44)55-52(53)54-3)14-10-9-13-38-22-24-41(56)30-40(38)31-43-33-42(57)23-19-35-21-26-50(59-4)51(29-35)61-34-36-20-25-45-46(17-12-27-60-43)49(58)32-37(6-2)47(45)28-36/h11,15,18,20-22,24-26,28-30,32,38,40,43,56,58H,5-10,13-14,16-17,19,23,31,33-34H2,1-4H3,(H3,53,54,55)/t38-,40-,43+/m1/s1. The van der Waals surface area contributed by atoms with Crippen LogP contribution in [0, 0.1) is 23.9 Å². The third-order valence-electron chi connectivity index (χ3n) is 12.1. The lowest BCUT2D eigenvalue weighted by molar-refractivity contribution is -0.121. The maximum atomic E-state index is 13.7. The van der Waals surface area contributed by atoms with Gasteiger partial charge in [0.1, 0.15) is 36.1 Å². The number of nitrogens with zero attached hydrogens (tertiary/aromatic N) is 1. The molecule has 1 aliphatic carbocycles. The minimum atomic E-state index is -0.490. The first-order valence-electron chi connectivity index (χ1n) is 22.1. The maximum absolute atomic E-state index is 13.7. The zero-order chi connectivity index (χ0) is 43.1. The number of Topliss-reactive ketones (excluding diaryl/α,β-unsaturated/α-hetero) is 1. The molecule has 6 bridgehead atoms. The highest BCUT2D eigenvalue weighted by molar-refractivity contribution is 5.93. The van der Waals surface area contributed by atoms with Crippen molar-refractivity contribution in [3.05, 3.63) is 118 Å². The summed E-state index contributed by atoms with van der Waals surface area (Å²) in [4.78, 5) is 17.8. The summed E-state index contributed by atoms with van der Waals surface area (Å²) in [6.07, 6.45) is 19.2. The first-order valence-corrected chi connectivity index (χ1v) is 22.1. The molecule has 0 saturated carbocycles. The minimum absolute atomic E-state index is 0.0373. The van der Waals surface area contributed by atoms with E-state index in [4.69, 9.17) is 19.9 Å². The Hall–Kier alpha value is -5.88. The smallest absolute Gasteiger partial charge is 0.192 e. The Morgan fingerprint density at radius 1 is 0.951 bits per heavy atom. The van der Waals surface area contributed by atoms with Crippen LogP contribution in [0.15, 0.2) is 89.6 Å². The highest BCUT2D eigenvalue weighted by Gasteiger charge is 2.27. The molecule has 2 aliphatic heterocycles. The number of aliphatic hydroxyl groups is 1. The number of aliphatic hydroxyl groups excluding tert-OH is 1. The molecule has 0 saturated heterocycles. The van der Waals surface area contributed by atoms with Crippen molar-refractivity contribution in [3.8, 4) is 29.3 Å². The first-order chi connectivity index (χ1) is 29.7. The van der Waals surface area contributed by atoms with E-state index in [1.165, 1.54) is 17.5 Å². The topological polar surface area (TPSA) is 136 Å². The van der Waals surface area contributed by atoms with Gasteiger partial charge in [0, 0.05) is 37.6 Å². The van der Waals surface area contributed by atoms with E-state index in [-0.39, 0.29) is 42.0 Å². The Morgan fingerprint density at radius 2 is 1.79 bits per heavy atom. The molecule has 322 valence electrons. The number of rotatable bonds is 14. The maximum Gasteiger partial charge on any atom is 0.192 e. The molecule has 0 radical (unpaired) electrons. The van der Waals surface area contributed by atoms with Gasteiger partial charge in [-0.1, -0.05) is 75.4 Å². The summed E-state index contributed by atoms with van der Waals surface area (Å²) in [5.74, 6) is 5.45. The summed E-state index contributed by atoms with van der Waals surface area (Å²) in [5, 5.41) is 27.1. The predicted molar refractivity (Wildman–Crippen MR) is 246 cm³/mol. The lowest BCUT2D eigenvalue weighted by Gasteiger charge is -2.28. The zero-order valence-electron chi connectivity index (χ0n) is 36.4. The van der Waals surface area contributed by atoms with Crippen molar-refractivity contribution in [2.75, 3.05) is 19.5 Å². The van der Waals surface area contributed by atoms with E-state index >= 15 is 0 Å². The Bertz CT molecular complexity index is 2300. The number of aliphatic imine (C=N–C) groups is 1. The number of guanidine groups is 1. The van der Waals surface area contributed by atoms with Crippen molar-refractivity contribution in [3.63, 3.8) is 0 Å². The first kappa shape index (κ1) is 44.7. The van der Waals surface area contributed by atoms with E-state index in [9.17, 15) is 15.0 Å². The van der Waals surface area contributed by atoms with Crippen LogP contribution in [0.25, 0.3) is 10.8 Å². The van der Waals surface area contributed by atoms with Crippen molar-refractivity contribution in [2.24, 2.45) is 22.6 Å². The lowest BCUT2D eigenvalue weighted by Crippen LogP contribution is -2.24. The number of hydrogen-bond donors (Lipinski definition) is 4. The fourth-order valence-electron chi connectivity index (χ4n) is 8.71. The summed E-state index contributed by atoms with van der Waals surface area (Å²) < 4.78 is 18.2. The van der Waals surface area contributed by atoms with E-state index in [2.05, 4.69) is 66.5 Å². The highest BCUT2D eigenvalue weighted by atomic mass is 16.5. The van der Waals surface area contributed by atoms with E-state index in [1.807, 2.05) is 42.5 Å². The molecule has 2 heterocycles. The van der Waals surface area contributed by atoms with Crippen LogP contribution in [0.2, 0.25) is 0 Å². The summed E-state index contributed by atoms with van der Waals surface area (Å²) in [7, 11) is 3.31. The fraction of sp³-hybridized carbons (Fsp3) is 0.423. The molecular formula is C52H63N3O6. The van der Waals surface area contributed by atoms with Gasteiger partial charge >= 0.3 is 0 Å². The molecule has 0 spiro atoms. The normalized spacial score (nSPS) is 18.3. The van der Waals surface area contributed by atoms with Gasteiger partial charge in [0.2, 0.25) is 0 Å². The van der Waals surface area contributed by atoms with Crippen LogP contribution < -0.4 is 20.5 Å². The third-order valence-corrected chi connectivity index (χ3v) is 12.1. The molecule has 0 amide bonds. The number of carbonyl (C=O) groups is 1. The average Bonchev–Trinajstić information content (AvgIpc) is 3.26. The zero-order valence-corrected chi connectivity index (χ0v) is 36.4. The summed E-state index contributed by atoms with van der Waals surface area (Å²) in [5.41, 5.74) is 13.5. The minimum Gasteiger partial charge on any atom is -0.508 e. The quantitative estimate of drug-likeness (QED) is 0.0427. The van der Waals surface area contributed by atoms with Gasteiger partial charge in [-0.3, -0.25) is 9.79 Å². The molecule has 4 aromatic carbocycles. The Morgan fingerprint density at radius 3 is 2.59 bits per heavy atom. The summed E-state index contributed by atoms with van der Waals surface area (Å²) in [6, 6.07) is 20.2. The molecule has 61 heavy (non-hydrogen) atoms. The van der Waals surface area contributed by atoms with Gasteiger partial charge in [0.05, 0.1) is 7.11 Å². The number of carbonyl (C=O) groups excluding carboxylic acids is 1. The number of anilines is 1. The van der Waals surface area contributed by atoms with Crippen LogP contribution in [-0.2, 0) is 48.2 Å². The highest BCUT2D eigenvalue weighted by Crippen LogP contribution is 2.36. The monoisotopic (exact) mass is 825 g/mol. The molecule has 0 fully saturated rings. The second-order valence-corrected chi connectivity index (χ2v) is 16.4. The molecule has 7 rings (SSSR count). The number of unbranched alkanes of at least 4 members (excludes halogenated alkanes) is 3. The van der Waals surface area contributed by atoms with Crippen LogP contribution in [0.4, 0.5) is 5.69 Å². The van der Waals surface area contributed by atoms with Crippen molar-refractivity contribution in [1.29, 1.82) is 0 Å². The number of nitrogens with two attached hydrogens (primary N) is 1. The molecular weight excluding hydrogens is 763 g/mol. The van der Waals surface area contributed by atoms with Crippen LogP contribution in [0.3, 0.4) is 0 Å². The Labute approximate surface area is 362 Å². The Kier molecular flexibility index (Phi) is 16.2. The number of phenols is 1. The van der Waals surface area contributed by atoms with Gasteiger partial charge < -0.3 is 35.5 Å². The van der Waals surface area contributed by atoms with Crippen molar-refractivity contribution < 1.29 is 29.2 Å². The summed E-state index contributed by atoms with van der Waals surface area (Å²) >= 11 is 0. The van der Waals surface area contributed by atoms with Gasteiger partial charge in [-0.15, -0.1) is 0 Å². The van der Waals surface area contributed by atoms with Crippen molar-refractivity contribution in [1.82, 2.24) is 0 Å². The van der Waals surface area contributed by atoms with Gasteiger partial charge in [-0.2, -0.15) is 0 Å². The van der Waals surface area contributed by atoms with Crippen molar-refractivity contribution in [2.45, 2.75) is 116 Å². The van der Waals surface area contributed by atoms with Crippen LogP contribution in [-0.4, -0.2) is 42.2 Å². The fourth-order valence-corrected chi connectivity index (χ4v) is 8.71. The van der Waals surface area contributed by atoms with Crippen molar-refractivity contribution >= 4 is 28.2 Å². The van der Waals surface area contributed by atoms with E-state index in [1.54, 1.807) is 20.2 Å². The molecule has 9 nitrogen and oxygen atoms in total. The number of benzene rings is 4. The molecule has 3 atom stereocenters. The van der Waals surface area contributed by atoms with Crippen LogP contribution in [0.5, 0.6) is 17.2 Å². The molecule has 3 aliphatic rings. The number of hydrogen-bond acceptors (Lipinski definition) is 7. The van der Waals surface area contributed by atoms with Crippen LogP contribution in [0.1, 0.15) is 105 Å². The Balaban J connectivity index is 1.20. The van der Waals surface area contributed by atoms with E-state index in [0.29, 0.717) is 43.3 Å². The SMILES string of the molecule is CCCCCc1c(CCCC[C@@H]2C=CC(O)=C[C@@H]2C[C@H]2CC(=O)CCc3ccc(OC)c(c3)OCc3ccc4c(c(O)cc(CC)c4c3)CC#CO2)cccc1NC(N)=NC. The number of aromatic hydroxyl groups is 1. The number of nitrogens with one attached hydrogen (secondary N) is 1. The van der Waals surface area contributed by atoms with E-state index in [0.717, 1.165) is 90.1 Å². The molecule has 5 N–H and O–H groups in total. The van der Waals surface area contributed by atoms with E-state index < -0.39 is 6.10 Å². The number of ketones is 1. The van der Waals surface area contributed by atoms with Gasteiger partial charge in [-0.05, 0) is 144 Å².